The number of sulfonamides is 1. The lowest BCUT2D eigenvalue weighted by Crippen LogP contribution is -2.41. The molecule has 0 aromatic heterocycles. The van der Waals surface area contributed by atoms with Gasteiger partial charge in [-0.1, -0.05) is 30.7 Å². The minimum absolute atomic E-state index is 0.0534. The van der Waals surface area contributed by atoms with E-state index >= 15 is 0 Å². The number of rotatable bonds is 5. The topological polar surface area (TPSA) is 87.5 Å². The fourth-order valence-electron chi connectivity index (χ4n) is 3.52. The third kappa shape index (κ3) is 4.50. The minimum Gasteiger partial charge on any atom is -0.457 e. The first kappa shape index (κ1) is 21.0. The number of hydrogen-bond acceptors (Lipinski definition) is 5. The van der Waals surface area contributed by atoms with Crippen LogP contribution in [0.5, 0.6) is 0 Å². The molecule has 0 N–H and O–H groups in total. The number of aryl methyl sites for hydroxylation is 1. The van der Waals surface area contributed by atoms with Crippen LogP contribution in [0.4, 0.5) is 0 Å². The Kier molecular flexibility index (Phi) is 6.36. The highest BCUT2D eigenvalue weighted by atomic mass is 32.2. The first-order valence-electron chi connectivity index (χ1n) is 9.62. The van der Waals surface area contributed by atoms with E-state index in [4.69, 9.17) is 10.00 Å². The summed E-state index contributed by atoms with van der Waals surface area (Å²) < 4.78 is 33.1. The number of carbonyl (C=O) groups excluding carboxylic acids is 1. The van der Waals surface area contributed by atoms with E-state index in [0.717, 1.165) is 19.3 Å². The van der Waals surface area contributed by atoms with Gasteiger partial charge in [-0.05, 0) is 50.5 Å². The number of nitriles is 1. The largest absolute Gasteiger partial charge is 0.457 e. The SMILES string of the molecule is Cc1ccc(S(=O)(=O)N2CCCCC2C)cc1C(=O)OCc1ccccc1C#N. The van der Waals surface area contributed by atoms with E-state index in [1.165, 1.54) is 16.4 Å². The Morgan fingerprint density at radius 2 is 2.00 bits per heavy atom. The summed E-state index contributed by atoms with van der Waals surface area (Å²) in [6, 6.07) is 13.4. The highest BCUT2D eigenvalue weighted by Crippen LogP contribution is 2.26. The molecule has 152 valence electrons. The van der Waals surface area contributed by atoms with E-state index in [2.05, 4.69) is 6.07 Å². The number of esters is 1. The maximum Gasteiger partial charge on any atom is 0.338 e. The fourth-order valence-corrected chi connectivity index (χ4v) is 5.25. The maximum atomic E-state index is 13.1. The number of nitrogens with zero attached hydrogens (tertiary/aromatic N) is 2. The molecule has 0 spiro atoms. The van der Waals surface area contributed by atoms with Gasteiger partial charge in [0.15, 0.2) is 0 Å². The summed E-state index contributed by atoms with van der Waals surface area (Å²) in [6.07, 6.45) is 2.68. The number of piperidine rings is 1. The van der Waals surface area contributed by atoms with Crippen molar-refractivity contribution in [1.29, 1.82) is 5.26 Å². The molecule has 7 heteroatoms. The summed E-state index contributed by atoms with van der Waals surface area (Å²) in [5.74, 6) is -0.612. The fraction of sp³-hybridized carbons (Fsp3) is 0.364. The molecule has 1 aliphatic rings. The van der Waals surface area contributed by atoms with Crippen molar-refractivity contribution in [3.8, 4) is 6.07 Å². The molecule has 1 atom stereocenters. The monoisotopic (exact) mass is 412 g/mol. The second-order valence-electron chi connectivity index (χ2n) is 7.28. The van der Waals surface area contributed by atoms with Crippen LogP contribution in [-0.2, 0) is 21.4 Å². The normalized spacial score (nSPS) is 17.5. The van der Waals surface area contributed by atoms with Gasteiger partial charge in [-0.3, -0.25) is 0 Å². The molecule has 1 aliphatic heterocycles. The molecule has 0 bridgehead atoms. The third-order valence-electron chi connectivity index (χ3n) is 5.27. The van der Waals surface area contributed by atoms with Gasteiger partial charge in [-0.25, -0.2) is 13.2 Å². The lowest BCUT2D eigenvalue weighted by molar-refractivity contribution is 0.0471. The first-order chi connectivity index (χ1) is 13.8. The van der Waals surface area contributed by atoms with E-state index in [1.54, 1.807) is 37.3 Å². The quantitative estimate of drug-likeness (QED) is 0.697. The Bertz CT molecular complexity index is 1060. The molecular formula is C22H24N2O4S. The van der Waals surface area contributed by atoms with Gasteiger partial charge < -0.3 is 4.74 Å². The number of hydrogen-bond donors (Lipinski definition) is 0. The average Bonchev–Trinajstić information content (AvgIpc) is 2.72. The molecule has 29 heavy (non-hydrogen) atoms. The molecule has 6 nitrogen and oxygen atoms in total. The first-order valence-corrected chi connectivity index (χ1v) is 11.1. The number of carbonyl (C=O) groups is 1. The molecule has 1 fully saturated rings. The molecule has 2 aromatic rings. The van der Waals surface area contributed by atoms with Crippen molar-refractivity contribution >= 4 is 16.0 Å². The van der Waals surface area contributed by atoms with Gasteiger partial charge in [0.25, 0.3) is 0 Å². The predicted molar refractivity (Wildman–Crippen MR) is 109 cm³/mol. The Balaban J connectivity index is 1.83. The molecule has 1 saturated heterocycles. The lowest BCUT2D eigenvalue weighted by Gasteiger charge is -2.32. The Morgan fingerprint density at radius 1 is 1.24 bits per heavy atom. The Hall–Kier alpha value is -2.69. The molecule has 1 heterocycles. The van der Waals surface area contributed by atoms with E-state index in [9.17, 15) is 13.2 Å². The molecule has 0 radical (unpaired) electrons. The van der Waals surface area contributed by atoms with Crippen LogP contribution in [0.15, 0.2) is 47.4 Å². The number of benzene rings is 2. The van der Waals surface area contributed by atoms with E-state index in [0.29, 0.717) is 23.2 Å². The van der Waals surface area contributed by atoms with Crippen molar-refractivity contribution in [3.05, 3.63) is 64.7 Å². The summed E-state index contributed by atoms with van der Waals surface area (Å²) >= 11 is 0. The molecular weight excluding hydrogens is 388 g/mol. The van der Waals surface area contributed by atoms with Gasteiger partial charge in [0.2, 0.25) is 10.0 Å². The highest BCUT2D eigenvalue weighted by Gasteiger charge is 2.31. The molecule has 3 rings (SSSR count). The van der Waals surface area contributed by atoms with Gasteiger partial charge in [0, 0.05) is 18.2 Å². The van der Waals surface area contributed by atoms with Crippen LogP contribution >= 0.6 is 0 Å². The van der Waals surface area contributed by atoms with Gasteiger partial charge in [-0.2, -0.15) is 9.57 Å². The van der Waals surface area contributed by atoms with Gasteiger partial charge in [-0.15, -0.1) is 0 Å². The smallest absolute Gasteiger partial charge is 0.338 e. The van der Waals surface area contributed by atoms with Crippen molar-refractivity contribution in [1.82, 2.24) is 4.31 Å². The predicted octanol–water partition coefficient (Wildman–Crippen LogP) is 3.79. The Labute approximate surface area is 171 Å². The van der Waals surface area contributed by atoms with Crippen molar-refractivity contribution in [2.45, 2.75) is 50.7 Å². The zero-order valence-electron chi connectivity index (χ0n) is 16.6. The standard InChI is InChI=1S/C22H24N2O4S/c1-16-10-11-20(29(26,27)24-12-6-5-7-17(24)2)13-21(16)22(25)28-15-19-9-4-3-8-18(19)14-23/h3-4,8-11,13,17H,5-7,12,15H2,1-2H3. The molecule has 1 unspecified atom stereocenters. The second kappa shape index (κ2) is 8.76. The van der Waals surface area contributed by atoms with E-state index in [1.807, 2.05) is 6.92 Å². The molecule has 0 amide bonds. The Morgan fingerprint density at radius 3 is 2.72 bits per heavy atom. The second-order valence-corrected chi connectivity index (χ2v) is 9.17. The van der Waals surface area contributed by atoms with Gasteiger partial charge >= 0.3 is 5.97 Å². The number of ether oxygens (including phenoxy) is 1. The lowest BCUT2D eigenvalue weighted by atomic mass is 10.1. The van der Waals surface area contributed by atoms with Crippen LogP contribution in [0.25, 0.3) is 0 Å². The van der Waals surface area contributed by atoms with Crippen LogP contribution in [0.2, 0.25) is 0 Å². The van der Waals surface area contributed by atoms with Crippen LogP contribution in [0, 0.1) is 18.3 Å². The zero-order valence-corrected chi connectivity index (χ0v) is 17.4. The van der Waals surface area contributed by atoms with Gasteiger partial charge in [0.1, 0.15) is 6.61 Å². The summed E-state index contributed by atoms with van der Waals surface area (Å²) in [5.41, 5.74) is 1.89. The van der Waals surface area contributed by atoms with Crippen molar-refractivity contribution in [2.24, 2.45) is 0 Å². The van der Waals surface area contributed by atoms with Crippen LogP contribution in [0.1, 0.15) is 53.2 Å². The van der Waals surface area contributed by atoms with E-state index in [-0.39, 0.29) is 23.1 Å². The molecule has 2 aromatic carbocycles. The maximum absolute atomic E-state index is 13.1. The van der Waals surface area contributed by atoms with Crippen LogP contribution < -0.4 is 0 Å². The highest BCUT2D eigenvalue weighted by molar-refractivity contribution is 7.89. The van der Waals surface area contributed by atoms with Crippen molar-refractivity contribution < 1.29 is 17.9 Å². The van der Waals surface area contributed by atoms with E-state index < -0.39 is 16.0 Å². The van der Waals surface area contributed by atoms with Crippen molar-refractivity contribution in [2.75, 3.05) is 6.54 Å². The van der Waals surface area contributed by atoms with Gasteiger partial charge in [0.05, 0.1) is 22.1 Å². The molecule has 0 saturated carbocycles. The summed E-state index contributed by atoms with van der Waals surface area (Å²) in [4.78, 5) is 12.7. The summed E-state index contributed by atoms with van der Waals surface area (Å²) in [5, 5.41) is 9.15. The van der Waals surface area contributed by atoms with Crippen LogP contribution in [-0.4, -0.2) is 31.3 Å². The molecule has 0 aliphatic carbocycles. The third-order valence-corrected chi connectivity index (χ3v) is 7.28. The minimum atomic E-state index is -3.68. The zero-order chi connectivity index (χ0) is 21.0. The van der Waals surface area contributed by atoms with Crippen LogP contribution in [0.3, 0.4) is 0 Å². The van der Waals surface area contributed by atoms with Crippen molar-refractivity contribution in [3.63, 3.8) is 0 Å². The average molecular weight is 413 g/mol. The summed E-state index contributed by atoms with van der Waals surface area (Å²) in [7, 11) is -3.68. The summed E-state index contributed by atoms with van der Waals surface area (Å²) in [6.45, 7) is 4.08.